The minimum Gasteiger partial charge on any atom is -0.481 e. The van der Waals surface area contributed by atoms with Gasteiger partial charge in [-0.3, -0.25) is 0 Å². The minimum atomic E-state index is -2.55. The molecule has 1 heterocycles. The first-order valence-corrected chi connectivity index (χ1v) is 4.10. The van der Waals surface area contributed by atoms with Crippen LogP contribution < -0.4 is 4.74 Å². The second-order valence-electron chi connectivity index (χ2n) is 2.32. The van der Waals surface area contributed by atoms with Gasteiger partial charge >= 0.3 is 0 Å². The van der Waals surface area contributed by atoms with E-state index in [1.54, 1.807) is 0 Å². The Morgan fingerprint density at radius 3 is 2.69 bits per heavy atom. The molecule has 0 amide bonds. The first-order valence-electron chi connectivity index (χ1n) is 3.57. The summed E-state index contributed by atoms with van der Waals surface area (Å²) in [7, 11) is 1.42. The van der Waals surface area contributed by atoms with Gasteiger partial charge in [0, 0.05) is 11.6 Å². The highest BCUT2D eigenvalue weighted by molar-refractivity contribution is 6.17. The molecule has 0 aliphatic rings. The van der Waals surface area contributed by atoms with Crippen molar-refractivity contribution in [2.24, 2.45) is 0 Å². The molecule has 13 heavy (non-hydrogen) atoms. The van der Waals surface area contributed by atoms with Crippen molar-refractivity contribution in [3.05, 3.63) is 23.4 Å². The van der Waals surface area contributed by atoms with Crippen LogP contribution in [0.4, 0.5) is 8.78 Å². The van der Waals surface area contributed by atoms with Crippen LogP contribution in [0, 0.1) is 0 Å². The predicted molar refractivity (Wildman–Crippen MR) is 45.3 cm³/mol. The maximum atomic E-state index is 12.3. The summed E-state index contributed by atoms with van der Waals surface area (Å²) in [5.41, 5.74) is 0.0202. The third-order valence-electron chi connectivity index (χ3n) is 1.55. The number of nitrogens with zero attached hydrogens (tertiary/aromatic N) is 1. The van der Waals surface area contributed by atoms with Crippen LogP contribution in [0.3, 0.4) is 0 Å². The number of alkyl halides is 3. The summed E-state index contributed by atoms with van der Waals surface area (Å²) in [6.07, 6.45) is -2.55. The Balaban J connectivity index is 3.08. The molecule has 0 unspecified atom stereocenters. The molecular formula is C8H8ClF2NO. The Labute approximate surface area is 79.5 Å². The molecule has 0 radical (unpaired) electrons. The lowest BCUT2D eigenvalue weighted by atomic mass is 10.2. The molecule has 1 rings (SSSR count). The van der Waals surface area contributed by atoms with E-state index in [1.807, 2.05) is 0 Å². The fourth-order valence-corrected chi connectivity index (χ4v) is 1.13. The van der Waals surface area contributed by atoms with Crippen LogP contribution in [0.2, 0.25) is 0 Å². The van der Waals surface area contributed by atoms with Gasteiger partial charge in [0.25, 0.3) is 6.43 Å². The van der Waals surface area contributed by atoms with Crippen LogP contribution in [0.15, 0.2) is 12.1 Å². The molecule has 0 aliphatic carbocycles. The van der Waals surface area contributed by atoms with Crippen molar-refractivity contribution in [2.45, 2.75) is 12.3 Å². The van der Waals surface area contributed by atoms with Crippen LogP contribution in [-0.2, 0) is 5.88 Å². The van der Waals surface area contributed by atoms with Crippen molar-refractivity contribution in [1.82, 2.24) is 4.98 Å². The van der Waals surface area contributed by atoms with Gasteiger partial charge < -0.3 is 4.74 Å². The molecule has 0 spiro atoms. The van der Waals surface area contributed by atoms with Crippen molar-refractivity contribution >= 4 is 11.6 Å². The summed E-state index contributed by atoms with van der Waals surface area (Å²) in [4.78, 5) is 3.80. The molecule has 0 aliphatic heterocycles. The lowest BCUT2D eigenvalue weighted by molar-refractivity contribution is 0.149. The Hall–Kier alpha value is -0.900. The highest BCUT2D eigenvalue weighted by Crippen LogP contribution is 2.24. The molecule has 0 aromatic carbocycles. The maximum absolute atomic E-state index is 12.3. The SMILES string of the molecule is COc1ccc(C(F)F)c(CCl)n1. The Bertz CT molecular complexity index is 293. The molecule has 5 heteroatoms. The van der Waals surface area contributed by atoms with Gasteiger partial charge in [-0.25, -0.2) is 13.8 Å². The van der Waals surface area contributed by atoms with E-state index in [0.29, 0.717) is 5.88 Å². The summed E-state index contributed by atoms with van der Waals surface area (Å²) in [5.74, 6) is 0.247. The van der Waals surface area contributed by atoms with Gasteiger partial charge in [0.2, 0.25) is 5.88 Å². The van der Waals surface area contributed by atoms with Crippen LogP contribution in [0.25, 0.3) is 0 Å². The van der Waals surface area contributed by atoms with E-state index in [2.05, 4.69) is 4.98 Å². The van der Waals surface area contributed by atoms with Crippen LogP contribution in [0.1, 0.15) is 17.7 Å². The smallest absolute Gasteiger partial charge is 0.265 e. The van der Waals surface area contributed by atoms with Gasteiger partial charge in [0.05, 0.1) is 18.7 Å². The molecule has 72 valence electrons. The lowest BCUT2D eigenvalue weighted by Crippen LogP contribution is -1.98. The van der Waals surface area contributed by atoms with E-state index >= 15 is 0 Å². The highest BCUT2D eigenvalue weighted by atomic mass is 35.5. The molecule has 0 saturated heterocycles. The molecule has 0 atom stereocenters. The molecule has 1 aromatic heterocycles. The Morgan fingerprint density at radius 1 is 1.54 bits per heavy atom. The third-order valence-corrected chi connectivity index (χ3v) is 1.81. The van der Waals surface area contributed by atoms with Crippen LogP contribution in [-0.4, -0.2) is 12.1 Å². The fourth-order valence-electron chi connectivity index (χ4n) is 0.911. The largest absolute Gasteiger partial charge is 0.481 e. The van der Waals surface area contributed by atoms with Crippen molar-refractivity contribution in [3.63, 3.8) is 0 Å². The summed E-state index contributed by atoms with van der Waals surface area (Å²) in [6.45, 7) is 0. The topological polar surface area (TPSA) is 22.1 Å². The van der Waals surface area contributed by atoms with E-state index in [4.69, 9.17) is 16.3 Å². The van der Waals surface area contributed by atoms with Crippen molar-refractivity contribution < 1.29 is 13.5 Å². The molecule has 0 N–H and O–H groups in total. The average molecular weight is 208 g/mol. The number of halogens is 3. The predicted octanol–water partition coefficient (Wildman–Crippen LogP) is 2.77. The number of aromatic nitrogens is 1. The quantitative estimate of drug-likeness (QED) is 0.711. The van der Waals surface area contributed by atoms with Gasteiger partial charge in [0.1, 0.15) is 0 Å². The van der Waals surface area contributed by atoms with Gasteiger partial charge in [0.15, 0.2) is 0 Å². The number of hydrogen-bond acceptors (Lipinski definition) is 2. The van der Waals surface area contributed by atoms with E-state index in [1.165, 1.54) is 19.2 Å². The number of ether oxygens (including phenoxy) is 1. The van der Waals surface area contributed by atoms with Gasteiger partial charge in [-0.15, -0.1) is 11.6 Å². The first kappa shape index (κ1) is 10.2. The Morgan fingerprint density at radius 2 is 2.23 bits per heavy atom. The van der Waals surface area contributed by atoms with Gasteiger partial charge in [-0.2, -0.15) is 0 Å². The zero-order valence-electron chi connectivity index (χ0n) is 6.93. The van der Waals surface area contributed by atoms with Gasteiger partial charge in [-0.05, 0) is 6.07 Å². The normalized spacial score (nSPS) is 10.5. The second-order valence-corrected chi connectivity index (χ2v) is 2.59. The molecular weight excluding hydrogens is 200 g/mol. The van der Waals surface area contributed by atoms with E-state index in [-0.39, 0.29) is 17.1 Å². The van der Waals surface area contributed by atoms with Gasteiger partial charge in [-0.1, -0.05) is 0 Å². The summed E-state index contributed by atoms with van der Waals surface area (Å²) >= 11 is 5.45. The number of methoxy groups -OCH3 is 1. The van der Waals surface area contributed by atoms with Crippen molar-refractivity contribution in [1.29, 1.82) is 0 Å². The average Bonchev–Trinajstić information content (AvgIpc) is 2.16. The zero-order valence-corrected chi connectivity index (χ0v) is 7.68. The van der Waals surface area contributed by atoms with Crippen molar-refractivity contribution in [3.8, 4) is 5.88 Å². The van der Waals surface area contributed by atoms with Crippen LogP contribution >= 0.6 is 11.6 Å². The van der Waals surface area contributed by atoms with E-state index in [0.717, 1.165) is 0 Å². The zero-order chi connectivity index (χ0) is 9.84. The standard InChI is InChI=1S/C8H8ClF2NO/c1-13-7-3-2-5(8(10)11)6(4-9)12-7/h2-3,8H,4H2,1H3. The van der Waals surface area contributed by atoms with Crippen molar-refractivity contribution in [2.75, 3.05) is 7.11 Å². The highest BCUT2D eigenvalue weighted by Gasteiger charge is 2.13. The first-order chi connectivity index (χ1) is 6.19. The summed E-state index contributed by atoms with van der Waals surface area (Å²) < 4.78 is 29.4. The molecule has 2 nitrogen and oxygen atoms in total. The summed E-state index contributed by atoms with van der Waals surface area (Å²) in [5, 5.41) is 0. The van der Waals surface area contributed by atoms with E-state index < -0.39 is 6.43 Å². The Kier molecular flexibility index (Phi) is 3.42. The lowest BCUT2D eigenvalue weighted by Gasteiger charge is -2.06. The number of pyridine rings is 1. The summed E-state index contributed by atoms with van der Waals surface area (Å²) in [6, 6.07) is 2.66. The second kappa shape index (κ2) is 4.37. The number of hydrogen-bond donors (Lipinski definition) is 0. The molecule has 1 aromatic rings. The molecule has 0 fully saturated rings. The minimum absolute atomic E-state index is 0.0448. The monoisotopic (exact) mass is 207 g/mol. The molecule has 0 saturated carbocycles. The number of rotatable bonds is 3. The fraction of sp³-hybridized carbons (Fsp3) is 0.375. The molecule has 0 bridgehead atoms. The van der Waals surface area contributed by atoms with E-state index in [9.17, 15) is 8.78 Å². The third kappa shape index (κ3) is 2.28. The maximum Gasteiger partial charge on any atom is 0.265 e. The van der Waals surface area contributed by atoms with Crippen LogP contribution in [0.5, 0.6) is 5.88 Å².